The van der Waals surface area contributed by atoms with Gasteiger partial charge in [0.05, 0.1) is 17.6 Å². The number of rotatable bonds is 5. The van der Waals surface area contributed by atoms with Gasteiger partial charge in [0, 0.05) is 24.1 Å². The third-order valence-corrected chi connectivity index (χ3v) is 4.51. The fourth-order valence-corrected chi connectivity index (χ4v) is 3.24. The predicted octanol–water partition coefficient (Wildman–Crippen LogP) is 4.40. The van der Waals surface area contributed by atoms with E-state index in [0.717, 1.165) is 33.7 Å². The molecule has 5 nitrogen and oxygen atoms in total. The Hall–Kier alpha value is -3.02. The number of ether oxygens (including phenoxy) is 1. The molecule has 1 N–H and O–H groups in total. The second kappa shape index (κ2) is 7.31. The average Bonchev–Trinajstić information content (AvgIpc) is 3.11. The Kier molecular flexibility index (Phi) is 4.71. The van der Waals surface area contributed by atoms with Gasteiger partial charge in [-0.3, -0.25) is 9.38 Å². The van der Waals surface area contributed by atoms with Crippen LogP contribution in [-0.2, 0) is 4.74 Å². The summed E-state index contributed by atoms with van der Waals surface area (Å²) >= 11 is 0. The van der Waals surface area contributed by atoms with Crippen molar-refractivity contribution < 1.29 is 9.84 Å². The molecule has 5 heteroatoms. The number of aryl methyl sites for hydroxylation is 1. The summed E-state index contributed by atoms with van der Waals surface area (Å²) in [6.07, 6.45) is 2.62. The maximum atomic E-state index is 10.2. The summed E-state index contributed by atoms with van der Waals surface area (Å²) in [6.45, 7) is 4.27. The number of hydrogen-bond acceptors (Lipinski definition) is 4. The van der Waals surface area contributed by atoms with Crippen molar-refractivity contribution in [2.24, 2.45) is 0 Å². The van der Waals surface area contributed by atoms with Crippen molar-refractivity contribution in [2.45, 2.75) is 20.1 Å². The van der Waals surface area contributed by atoms with Crippen LogP contribution in [-0.4, -0.2) is 26.1 Å². The quantitative estimate of drug-likeness (QED) is 0.537. The van der Waals surface area contributed by atoms with Crippen molar-refractivity contribution in [3.8, 4) is 22.4 Å². The topological polar surface area (TPSA) is 59.7 Å². The molecule has 4 aromatic rings. The summed E-state index contributed by atoms with van der Waals surface area (Å²) in [5.41, 5.74) is 6.44. The lowest BCUT2D eigenvalue weighted by Gasteiger charge is -2.13. The SMILES string of the molecule is CCOC(O)c1cnc2ccc(-c3ccccc3-c3cccc(C)n3)cn12. The Bertz CT molecular complexity index is 1090. The van der Waals surface area contributed by atoms with Gasteiger partial charge < -0.3 is 9.84 Å². The summed E-state index contributed by atoms with van der Waals surface area (Å²) in [5, 5.41) is 10.2. The first-order chi connectivity index (χ1) is 13.2. The van der Waals surface area contributed by atoms with Crippen molar-refractivity contribution in [1.82, 2.24) is 14.4 Å². The van der Waals surface area contributed by atoms with E-state index in [4.69, 9.17) is 4.74 Å². The van der Waals surface area contributed by atoms with Gasteiger partial charge in [0.2, 0.25) is 0 Å². The minimum absolute atomic E-state index is 0.427. The molecule has 0 aliphatic rings. The average molecular weight is 359 g/mol. The molecular formula is C22H21N3O2. The van der Waals surface area contributed by atoms with Gasteiger partial charge in [-0.05, 0) is 49.2 Å². The Morgan fingerprint density at radius 1 is 1.04 bits per heavy atom. The van der Waals surface area contributed by atoms with Crippen LogP contribution in [0.1, 0.15) is 24.6 Å². The van der Waals surface area contributed by atoms with E-state index in [1.54, 1.807) is 6.20 Å². The van der Waals surface area contributed by atoms with Crippen LogP contribution < -0.4 is 0 Å². The van der Waals surface area contributed by atoms with Crippen LogP contribution in [0.2, 0.25) is 0 Å². The zero-order valence-corrected chi connectivity index (χ0v) is 15.3. The molecule has 0 amide bonds. The van der Waals surface area contributed by atoms with Gasteiger partial charge in [-0.2, -0.15) is 0 Å². The molecule has 0 saturated heterocycles. The zero-order chi connectivity index (χ0) is 18.8. The lowest BCUT2D eigenvalue weighted by Crippen LogP contribution is -2.06. The maximum Gasteiger partial charge on any atom is 0.198 e. The van der Waals surface area contributed by atoms with Gasteiger partial charge in [0.25, 0.3) is 0 Å². The van der Waals surface area contributed by atoms with Crippen LogP contribution in [0.25, 0.3) is 28.0 Å². The molecule has 1 unspecified atom stereocenters. The first-order valence-corrected chi connectivity index (χ1v) is 8.97. The number of aromatic nitrogens is 3. The van der Waals surface area contributed by atoms with Gasteiger partial charge >= 0.3 is 0 Å². The molecule has 1 atom stereocenters. The number of hydrogen-bond donors (Lipinski definition) is 1. The number of aliphatic hydroxyl groups excluding tert-OH is 1. The van der Waals surface area contributed by atoms with E-state index in [0.29, 0.717) is 12.3 Å². The first-order valence-electron chi connectivity index (χ1n) is 8.97. The highest BCUT2D eigenvalue weighted by molar-refractivity contribution is 5.82. The van der Waals surface area contributed by atoms with Crippen molar-refractivity contribution in [1.29, 1.82) is 0 Å². The molecule has 0 aliphatic carbocycles. The normalized spacial score (nSPS) is 12.4. The summed E-state index contributed by atoms with van der Waals surface area (Å²) in [6, 6.07) is 18.2. The second-order valence-corrected chi connectivity index (χ2v) is 6.35. The Balaban J connectivity index is 1.85. The van der Waals surface area contributed by atoms with Crippen LogP contribution in [0, 0.1) is 6.92 Å². The Morgan fingerprint density at radius 2 is 1.85 bits per heavy atom. The molecule has 3 aromatic heterocycles. The van der Waals surface area contributed by atoms with E-state index < -0.39 is 6.29 Å². The summed E-state index contributed by atoms with van der Waals surface area (Å²) < 4.78 is 7.20. The van der Waals surface area contributed by atoms with E-state index >= 15 is 0 Å². The lowest BCUT2D eigenvalue weighted by molar-refractivity contribution is -0.101. The molecular weight excluding hydrogens is 338 g/mol. The number of imidazole rings is 1. The maximum absolute atomic E-state index is 10.2. The summed E-state index contributed by atoms with van der Waals surface area (Å²) in [5.74, 6) is 0. The first kappa shape index (κ1) is 17.4. The van der Waals surface area contributed by atoms with Gasteiger partial charge in [-0.15, -0.1) is 0 Å². The molecule has 0 aliphatic heterocycles. The van der Waals surface area contributed by atoms with Gasteiger partial charge in [0.1, 0.15) is 5.65 Å². The van der Waals surface area contributed by atoms with Crippen molar-refractivity contribution in [3.05, 3.63) is 78.4 Å². The van der Waals surface area contributed by atoms with Gasteiger partial charge in [-0.25, -0.2) is 4.98 Å². The van der Waals surface area contributed by atoms with E-state index in [2.05, 4.69) is 22.1 Å². The molecule has 0 radical (unpaired) electrons. The fourth-order valence-electron chi connectivity index (χ4n) is 3.24. The van der Waals surface area contributed by atoms with Crippen LogP contribution >= 0.6 is 0 Å². The van der Waals surface area contributed by atoms with Crippen LogP contribution in [0.5, 0.6) is 0 Å². The third kappa shape index (κ3) is 3.35. The molecule has 0 bridgehead atoms. The highest BCUT2D eigenvalue weighted by Crippen LogP contribution is 2.31. The number of pyridine rings is 2. The number of aliphatic hydroxyl groups is 1. The van der Waals surface area contributed by atoms with Crippen molar-refractivity contribution >= 4 is 5.65 Å². The standard InChI is InChI=1S/C22H21N3O2/c1-3-27-22(26)20-13-23-21-12-11-16(14-25(20)21)17-8-4-5-9-18(17)19-10-6-7-15(2)24-19/h4-14,22,26H,3H2,1-2H3. The van der Waals surface area contributed by atoms with Crippen LogP contribution in [0.4, 0.5) is 0 Å². The van der Waals surface area contributed by atoms with E-state index in [1.165, 1.54) is 0 Å². The molecule has 0 saturated carbocycles. The smallest absolute Gasteiger partial charge is 0.198 e. The fraction of sp³-hybridized carbons (Fsp3) is 0.182. The Labute approximate surface area is 157 Å². The molecule has 4 rings (SSSR count). The number of nitrogens with zero attached hydrogens (tertiary/aromatic N) is 3. The summed E-state index contributed by atoms with van der Waals surface area (Å²) in [7, 11) is 0. The predicted molar refractivity (Wildman–Crippen MR) is 105 cm³/mol. The minimum atomic E-state index is -1.01. The largest absolute Gasteiger partial charge is 0.363 e. The van der Waals surface area contributed by atoms with E-state index in [-0.39, 0.29) is 0 Å². The van der Waals surface area contributed by atoms with E-state index in [9.17, 15) is 5.11 Å². The minimum Gasteiger partial charge on any atom is -0.363 e. The van der Waals surface area contributed by atoms with Gasteiger partial charge in [-0.1, -0.05) is 30.3 Å². The van der Waals surface area contributed by atoms with Crippen molar-refractivity contribution in [3.63, 3.8) is 0 Å². The third-order valence-electron chi connectivity index (χ3n) is 4.51. The van der Waals surface area contributed by atoms with Crippen LogP contribution in [0.3, 0.4) is 0 Å². The highest BCUT2D eigenvalue weighted by atomic mass is 16.6. The van der Waals surface area contributed by atoms with Crippen LogP contribution in [0.15, 0.2) is 67.0 Å². The molecule has 0 spiro atoms. The summed E-state index contributed by atoms with van der Waals surface area (Å²) in [4.78, 5) is 9.03. The monoisotopic (exact) mass is 359 g/mol. The second-order valence-electron chi connectivity index (χ2n) is 6.35. The molecule has 1 aromatic carbocycles. The highest BCUT2D eigenvalue weighted by Gasteiger charge is 2.15. The molecule has 136 valence electrons. The Morgan fingerprint density at radius 3 is 2.63 bits per heavy atom. The number of fused-ring (bicyclic) bond motifs is 1. The van der Waals surface area contributed by atoms with Crippen molar-refractivity contribution in [2.75, 3.05) is 6.61 Å². The van der Waals surface area contributed by atoms with Gasteiger partial charge in [0.15, 0.2) is 6.29 Å². The molecule has 3 heterocycles. The number of benzene rings is 1. The zero-order valence-electron chi connectivity index (χ0n) is 15.3. The van der Waals surface area contributed by atoms with E-state index in [1.807, 2.05) is 66.9 Å². The molecule has 0 fully saturated rings. The lowest BCUT2D eigenvalue weighted by atomic mass is 9.98. The molecule has 27 heavy (non-hydrogen) atoms.